The molecular formula is C9H9Cl2N3. The number of azide groups is 1. The number of rotatable bonds is 3. The Balaban J connectivity index is 2.81. The lowest BCUT2D eigenvalue weighted by Gasteiger charge is -2.05. The molecule has 0 aliphatic heterocycles. The second-order valence-corrected chi connectivity index (χ2v) is 3.91. The van der Waals surface area contributed by atoms with E-state index in [1.54, 1.807) is 6.07 Å². The molecule has 0 saturated heterocycles. The summed E-state index contributed by atoms with van der Waals surface area (Å²) in [7, 11) is 0. The summed E-state index contributed by atoms with van der Waals surface area (Å²) in [6, 6.07) is 5.22. The van der Waals surface area contributed by atoms with E-state index in [1.807, 2.05) is 19.1 Å². The third-order valence-electron chi connectivity index (χ3n) is 1.70. The van der Waals surface area contributed by atoms with E-state index in [9.17, 15) is 0 Å². The van der Waals surface area contributed by atoms with Gasteiger partial charge < -0.3 is 0 Å². The molecule has 1 atom stereocenters. The zero-order chi connectivity index (χ0) is 10.6. The predicted molar refractivity (Wildman–Crippen MR) is 58.8 cm³/mol. The predicted octanol–water partition coefficient (Wildman–Crippen LogP) is 4.23. The van der Waals surface area contributed by atoms with Crippen LogP contribution in [0.3, 0.4) is 0 Å². The van der Waals surface area contributed by atoms with Crippen molar-refractivity contribution in [2.75, 3.05) is 0 Å². The third kappa shape index (κ3) is 3.46. The molecule has 0 unspecified atom stereocenters. The van der Waals surface area contributed by atoms with Gasteiger partial charge in [0, 0.05) is 21.0 Å². The van der Waals surface area contributed by atoms with Crippen molar-refractivity contribution < 1.29 is 0 Å². The molecule has 74 valence electrons. The van der Waals surface area contributed by atoms with Gasteiger partial charge in [-0.3, -0.25) is 0 Å². The van der Waals surface area contributed by atoms with Gasteiger partial charge in [0.25, 0.3) is 0 Å². The summed E-state index contributed by atoms with van der Waals surface area (Å²) < 4.78 is 0. The van der Waals surface area contributed by atoms with Crippen molar-refractivity contribution in [1.82, 2.24) is 0 Å². The molecule has 0 amide bonds. The van der Waals surface area contributed by atoms with Crippen LogP contribution in [0.4, 0.5) is 0 Å². The molecule has 0 radical (unpaired) electrons. The van der Waals surface area contributed by atoms with E-state index in [2.05, 4.69) is 10.0 Å². The van der Waals surface area contributed by atoms with Crippen molar-refractivity contribution >= 4 is 23.2 Å². The van der Waals surface area contributed by atoms with Gasteiger partial charge in [0.05, 0.1) is 0 Å². The van der Waals surface area contributed by atoms with Crippen molar-refractivity contribution in [3.63, 3.8) is 0 Å². The molecule has 1 aromatic rings. The minimum absolute atomic E-state index is 0.0884. The number of hydrogen-bond acceptors (Lipinski definition) is 1. The minimum Gasteiger partial charge on any atom is -0.0906 e. The maximum Gasteiger partial charge on any atom is 0.0423 e. The fourth-order valence-electron chi connectivity index (χ4n) is 1.20. The van der Waals surface area contributed by atoms with Gasteiger partial charge in [0.15, 0.2) is 0 Å². The fourth-order valence-corrected chi connectivity index (χ4v) is 1.77. The second kappa shape index (κ2) is 5.11. The largest absolute Gasteiger partial charge is 0.0906 e. The van der Waals surface area contributed by atoms with Crippen LogP contribution in [0, 0.1) is 0 Å². The van der Waals surface area contributed by atoms with E-state index in [0.29, 0.717) is 16.5 Å². The Morgan fingerprint density at radius 1 is 1.36 bits per heavy atom. The van der Waals surface area contributed by atoms with Crippen LogP contribution in [0.25, 0.3) is 10.4 Å². The molecule has 3 nitrogen and oxygen atoms in total. The maximum absolute atomic E-state index is 8.23. The smallest absolute Gasteiger partial charge is 0.0423 e. The van der Waals surface area contributed by atoms with E-state index >= 15 is 0 Å². The fraction of sp³-hybridized carbons (Fsp3) is 0.333. The van der Waals surface area contributed by atoms with Crippen LogP contribution in [-0.2, 0) is 6.42 Å². The first-order valence-electron chi connectivity index (χ1n) is 4.11. The molecular weight excluding hydrogens is 221 g/mol. The van der Waals surface area contributed by atoms with Gasteiger partial charge in [-0.25, -0.2) is 0 Å². The van der Waals surface area contributed by atoms with Gasteiger partial charge in [-0.15, -0.1) is 0 Å². The number of halogens is 2. The van der Waals surface area contributed by atoms with Crippen molar-refractivity contribution in [3.05, 3.63) is 44.3 Å². The molecule has 0 heterocycles. The Morgan fingerprint density at radius 3 is 2.43 bits per heavy atom. The lowest BCUT2D eigenvalue weighted by Crippen LogP contribution is -2.01. The third-order valence-corrected chi connectivity index (χ3v) is 2.14. The molecule has 0 aliphatic carbocycles. The molecule has 0 N–H and O–H groups in total. The summed E-state index contributed by atoms with van der Waals surface area (Å²) in [5.74, 6) is 0. The van der Waals surface area contributed by atoms with Gasteiger partial charge >= 0.3 is 0 Å². The summed E-state index contributed by atoms with van der Waals surface area (Å²) in [5, 5.41) is 4.77. The summed E-state index contributed by atoms with van der Waals surface area (Å²) in [5.41, 5.74) is 9.20. The van der Waals surface area contributed by atoms with Crippen LogP contribution in [0.15, 0.2) is 23.3 Å². The lowest BCUT2D eigenvalue weighted by molar-refractivity contribution is 0.731. The molecule has 0 saturated carbocycles. The Bertz CT molecular complexity index is 352. The first kappa shape index (κ1) is 11.2. The maximum atomic E-state index is 8.23. The normalized spacial score (nSPS) is 11.9. The van der Waals surface area contributed by atoms with E-state index in [0.717, 1.165) is 5.56 Å². The highest BCUT2D eigenvalue weighted by atomic mass is 35.5. The van der Waals surface area contributed by atoms with Crippen LogP contribution in [0.5, 0.6) is 0 Å². The molecule has 0 spiro atoms. The van der Waals surface area contributed by atoms with Crippen molar-refractivity contribution in [3.8, 4) is 0 Å². The summed E-state index contributed by atoms with van der Waals surface area (Å²) in [6.45, 7) is 1.84. The molecule has 0 bridgehead atoms. The summed E-state index contributed by atoms with van der Waals surface area (Å²) >= 11 is 11.6. The van der Waals surface area contributed by atoms with Crippen molar-refractivity contribution in [1.29, 1.82) is 0 Å². The number of benzene rings is 1. The highest BCUT2D eigenvalue weighted by Gasteiger charge is 2.03. The van der Waals surface area contributed by atoms with Gasteiger partial charge in [0.1, 0.15) is 0 Å². The Kier molecular flexibility index (Phi) is 4.08. The SMILES string of the molecule is C[C@@H](Cc1cc(Cl)cc(Cl)c1)N=[N+]=[N-]. The van der Waals surface area contributed by atoms with Crippen LogP contribution in [0.2, 0.25) is 10.0 Å². The number of hydrogen-bond donors (Lipinski definition) is 0. The Hall–Kier alpha value is -0.890. The van der Waals surface area contributed by atoms with Gasteiger partial charge in [-0.05, 0) is 35.7 Å². The monoisotopic (exact) mass is 229 g/mol. The molecule has 14 heavy (non-hydrogen) atoms. The Labute approximate surface area is 92.3 Å². The standard InChI is InChI=1S/C9H9Cl2N3/c1-6(13-14-12)2-7-3-8(10)5-9(11)4-7/h3-6H,2H2,1H3/t6-/m0/s1. The molecule has 0 aromatic heterocycles. The molecule has 0 fully saturated rings. The van der Waals surface area contributed by atoms with E-state index in [1.165, 1.54) is 0 Å². The average Bonchev–Trinajstić information content (AvgIpc) is 2.01. The Morgan fingerprint density at radius 2 is 1.93 bits per heavy atom. The average molecular weight is 230 g/mol. The minimum atomic E-state index is -0.0884. The van der Waals surface area contributed by atoms with Crippen LogP contribution >= 0.6 is 23.2 Å². The first-order chi connectivity index (χ1) is 6.61. The highest BCUT2D eigenvalue weighted by molar-refractivity contribution is 6.34. The van der Waals surface area contributed by atoms with Crippen LogP contribution in [0.1, 0.15) is 12.5 Å². The second-order valence-electron chi connectivity index (χ2n) is 3.04. The summed E-state index contributed by atoms with van der Waals surface area (Å²) in [6.07, 6.45) is 0.643. The lowest BCUT2D eigenvalue weighted by atomic mass is 10.1. The van der Waals surface area contributed by atoms with Crippen LogP contribution < -0.4 is 0 Å². The van der Waals surface area contributed by atoms with Crippen molar-refractivity contribution in [2.45, 2.75) is 19.4 Å². The molecule has 5 heteroatoms. The highest BCUT2D eigenvalue weighted by Crippen LogP contribution is 2.20. The zero-order valence-electron chi connectivity index (χ0n) is 7.61. The van der Waals surface area contributed by atoms with E-state index < -0.39 is 0 Å². The molecule has 0 aliphatic rings. The number of nitrogens with zero attached hydrogens (tertiary/aromatic N) is 3. The molecule has 1 rings (SSSR count). The van der Waals surface area contributed by atoms with Crippen LogP contribution in [-0.4, -0.2) is 6.04 Å². The summed E-state index contributed by atoms with van der Waals surface area (Å²) in [4.78, 5) is 2.74. The van der Waals surface area contributed by atoms with Gasteiger partial charge in [-0.1, -0.05) is 35.2 Å². The van der Waals surface area contributed by atoms with E-state index in [-0.39, 0.29) is 6.04 Å². The van der Waals surface area contributed by atoms with Crippen molar-refractivity contribution in [2.24, 2.45) is 5.11 Å². The zero-order valence-corrected chi connectivity index (χ0v) is 9.13. The van der Waals surface area contributed by atoms with Gasteiger partial charge in [0.2, 0.25) is 0 Å². The molecule has 1 aromatic carbocycles. The topological polar surface area (TPSA) is 48.8 Å². The first-order valence-corrected chi connectivity index (χ1v) is 4.86. The van der Waals surface area contributed by atoms with Gasteiger partial charge in [-0.2, -0.15) is 0 Å². The quantitative estimate of drug-likeness (QED) is 0.423. The van der Waals surface area contributed by atoms with E-state index in [4.69, 9.17) is 28.7 Å².